The molecule has 0 radical (unpaired) electrons. The van der Waals surface area contributed by atoms with Crippen LogP contribution in [0.1, 0.15) is 5.56 Å². The Bertz CT molecular complexity index is 598. The Morgan fingerprint density at radius 3 is 2.53 bits per heavy atom. The zero-order valence-corrected chi connectivity index (χ0v) is 9.47. The number of fused-ring (bicyclic) bond motifs is 1. The molecule has 2 rings (SSSR count). The number of benzene rings is 1. The Morgan fingerprint density at radius 2 is 1.94 bits per heavy atom. The molecule has 0 amide bonds. The molecule has 90 valence electrons. The van der Waals surface area contributed by atoms with Crippen LogP contribution in [0.2, 0.25) is 0 Å². The van der Waals surface area contributed by atoms with Crippen molar-refractivity contribution in [2.75, 3.05) is 6.26 Å². The Morgan fingerprint density at radius 1 is 1.24 bits per heavy atom. The second-order valence-corrected chi connectivity index (χ2v) is 4.69. The van der Waals surface area contributed by atoms with Gasteiger partial charge in [0, 0.05) is 6.26 Å². The molecule has 7 heteroatoms. The van der Waals surface area contributed by atoms with Gasteiger partial charge in [0.2, 0.25) is 0 Å². The largest absolute Gasteiger partial charge is 0.416 e. The van der Waals surface area contributed by atoms with Crippen molar-refractivity contribution in [1.29, 1.82) is 0 Å². The maximum absolute atomic E-state index is 12.4. The van der Waals surface area contributed by atoms with Crippen molar-refractivity contribution in [2.24, 2.45) is 0 Å². The van der Waals surface area contributed by atoms with Crippen LogP contribution in [0.4, 0.5) is 13.2 Å². The normalized spacial score (nSPS) is 13.9. The van der Waals surface area contributed by atoms with E-state index in [1.54, 1.807) is 0 Å². The van der Waals surface area contributed by atoms with Gasteiger partial charge in [-0.1, -0.05) is 0 Å². The summed E-state index contributed by atoms with van der Waals surface area (Å²) in [5.74, 6) is 0. The summed E-state index contributed by atoms with van der Waals surface area (Å²) in [6.07, 6.45) is -1.75. The lowest BCUT2D eigenvalue weighted by Crippen LogP contribution is -2.05. The number of hydrogen-bond donors (Lipinski definition) is 0. The van der Waals surface area contributed by atoms with Crippen LogP contribution in [0, 0.1) is 0 Å². The lowest BCUT2D eigenvalue weighted by molar-refractivity contribution is -0.137. The summed E-state index contributed by atoms with van der Waals surface area (Å²) < 4.78 is 48.4. The van der Waals surface area contributed by atoms with Crippen LogP contribution in [0.3, 0.4) is 0 Å². The van der Waals surface area contributed by atoms with E-state index in [0.717, 1.165) is 12.1 Å². The molecule has 0 aliphatic rings. The zero-order chi connectivity index (χ0) is 12.6. The van der Waals surface area contributed by atoms with Gasteiger partial charge in [-0.2, -0.15) is 13.2 Å². The second-order valence-electron chi connectivity index (χ2n) is 3.36. The monoisotopic (exact) mass is 260 g/mol. The van der Waals surface area contributed by atoms with Gasteiger partial charge in [0.1, 0.15) is 5.03 Å². The van der Waals surface area contributed by atoms with Gasteiger partial charge in [0.25, 0.3) is 0 Å². The third-order valence-corrected chi connectivity index (χ3v) is 2.93. The van der Waals surface area contributed by atoms with E-state index in [1.165, 1.54) is 18.5 Å². The first-order chi connectivity index (χ1) is 7.88. The fourth-order valence-electron chi connectivity index (χ4n) is 1.31. The molecular weight excluding hydrogens is 253 g/mol. The molecule has 1 atom stereocenters. The van der Waals surface area contributed by atoms with Gasteiger partial charge in [0.15, 0.2) is 0 Å². The fourth-order valence-corrected chi connectivity index (χ4v) is 1.74. The van der Waals surface area contributed by atoms with E-state index in [2.05, 4.69) is 9.97 Å². The summed E-state index contributed by atoms with van der Waals surface area (Å²) in [4.78, 5) is 7.79. The molecule has 0 saturated heterocycles. The van der Waals surface area contributed by atoms with Gasteiger partial charge in [0.05, 0.1) is 33.6 Å². The van der Waals surface area contributed by atoms with Crippen molar-refractivity contribution in [2.45, 2.75) is 11.2 Å². The van der Waals surface area contributed by atoms with Crippen molar-refractivity contribution < 1.29 is 17.4 Å². The van der Waals surface area contributed by atoms with Crippen molar-refractivity contribution >= 4 is 21.8 Å². The van der Waals surface area contributed by atoms with E-state index < -0.39 is 22.5 Å². The minimum absolute atomic E-state index is 0.133. The van der Waals surface area contributed by atoms with Gasteiger partial charge in [-0.25, -0.2) is 4.98 Å². The van der Waals surface area contributed by atoms with E-state index in [4.69, 9.17) is 0 Å². The van der Waals surface area contributed by atoms with E-state index in [9.17, 15) is 17.4 Å². The summed E-state index contributed by atoms with van der Waals surface area (Å²) >= 11 is 0. The smallest absolute Gasteiger partial charge is 0.253 e. The fraction of sp³-hybridized carbons (Fsp3) is 0.200. The number of hydrogen-bond acceptors (Lipinski definition) is 3. The first-order valence-corrected chi connectivity index (χ1v) is 6.11. The predicted octanol–water partition coefficient (Wildman–Crippen LogP) is 2.39. The average Bonchev–Trinajstić information content (AvgIpc) is 2.26. The zero-order valence-electron chi connectivity index (χ0n) is 8.65. The van der Waals surface area contributed by atoms with Crippen LogP contribution in [0.15, 0.2) is 29.4 Å². The van der Waals surface area contributed by atoms with Gasteiger partial charge in [-0.05, 0) is 18.2 Å². The van der Waals surface area contributed by atoms with Crippen LogP contribution in [0.5, 0.6) is 0 Å². The van der Waals surface area contributed by atoms with E-state index in [0.29, 0.717) is 5.52 Å². The Kier molecular flexibility index (Phi) is 2.86. The molecule has 3 nitrogen and oxygen atoms in total. The summed E-state index contributed by atoms with van der Waals surface area (Å²) in [5.41, 5.74) is -0.343. The Balaban J connectivity index is 2.58. The highest BCUT2D eigenvalue weighted by molar-refractivity contribution is 7.84. The Hall–Kier alpha value is -1.50. The Labute approximate surface area is 97.2 Å². The molecule has 0 saturated carbocycles. The number of rotatable bonds is 1. The quantitative estimate of drug-likeness (QED) is 0.790. The first-order valence-electron chi connectivity index (χ1n) is 4.55. The minimum atomic E-state index is -4.40. The number of aromatic nitrogens is 2. The molecule has 0 N–H and O–H groups in total. The molecule has 0 fully saturated rings. The van der Waals surface area contributed by atoms with Gasteiger partial charge in [-0.3, -0.25) is 9.19 Å². The van der Waals surface area contributed by atoms with E-state index in [-0.39, 0.29) is 10.5 Å². The maximum Gasteiger partial charge on any atom is 0.416 e. The summed E-state index contributed by atoms with van der Waals surface area (Å²) in [5, 5.41) is 0.247. The van der Waals surface area contributed by atoms with Crippen LogP contribution < -0.4 is 0 Å². The third kappa shape index (κ3) is 2.44. The summed E-state index contributed by atoms with van der Waals surface area (Å²) in [6.45, 7) is 0. The average molecular weight is 260 g/mol. The lowest BCUT2D eigenvalue weighted by atomic mass is 10.2. The second kappa shape index (κ2) is 4.06. The lowest BCUT2D eigenvalue weighted by Gasteiger charge is -2.07. The highest BCUT2D eigenvalue weighted by Crippen LogP contribution is 2.30. The SMILES string of the molecule is C[S@@](=O)c1cnc2cc(C(F)(F)F)ccc2n1. The van der Waals surface area contributed by atoms with Crippen LogP contribution >= 0.6 is 0 Å². The first kappa shape index (κ1) is 12.0. The molecule has 0 aliphatic carbocycles. The number of alkyl halides is 3. The molecule has 1 heterocycles. The predicted molar refractivity (Wildman–Crippen MR) is 56.9 cm³/mol. The van der Waals surface area contributed by atoms with Crippen LogP contribution in [-0.2, 0) is 17.0 Å². The van der Waals surface area contributed by atoms with Crippen molar-refractivity contribution in [3.63, 3.8) is 0 Å². The topological polar surface area (TPSA) is 42.9 Å². The van der Waals surface area contributed by atoms with Gasteiger partial charge in [-0.15, -0.1) is 0 Å². The molecule has 17 heavy (non-hydrogen) atoms. The van der Waals surface area contributed by atoms with Crippen LogP contribution in [-0.4, -0.2) is 20.4 Å². The third-order valence-electron chi connectivity index (χ3n) is 2.14. The summed E-state index contributed by atoms with van der Waals surface area (Å²) in [7, 11) is -1.30. The standard InChI is InChI=1S/C10H7F3N2OS/c1-17(16)9-5-14-8-4-6(10(11,12)13)2-3-7(8)15-9/h2-5H,1H3/t17-/m1/s1. The maximum atomic E-state index is 12.4. The molecule has 1 aromatic carbocycles. The molecule has 0 aliphatic heterocycles. The highest BCUT2D eigenvalue weighted by Gasteiger charge is 2.30. The molecular formula is C10H7F3N2OS. The molecule has 0 spiro atoms. The van der Waals surface area contributed by atoms with Crippen molar-refractivity contribution in [3.05, 3.63) is 30.0 Å². The molecule has 0 bridgehead atoms. The van der Waals surface area contributed by atoms with Crippen molar-refractivity contribution in [3.8, 4) is 0 Å². The van der Waals surface area contributed by atoms with E-state index >= 15 is 0 Å². The highest BCUT2D eigenvalue weighted by atomic mass is 32.2. The van der Waals surface area contributed by atoms with E-state index in [1.807, 2.05) is 0 Å². The molecule has 2 aromatic rings. The summed E-state index contributed by atoms with van der Waals surface area (Å²) in [6, 6.07) is 3.07. The molecule has 0 unspecified atom stereocenters. The van der Waals surface area contributed by atoms with Crippen molar-refractivity contribution in [1.82, 2.24) is 9.97 Å². The van der Waals surface area contributed by atoms with Crippen LogP contribution in [0.25, 0.3) is 11.0 Å². The van der Waals surface area contributed by atoms with Gasteiger partial charge < -0.3 is 0 Å². The minimum Gasteiger partial charge on any atom is -0.253 e. The van der Waals surface area contributed by atoms with Gasteiger partial charge >= 0.3 is 6.18 Å². The number of nitrogens with zero attached hydrogens (tertiary/aromatic N) is 2. The number of halogens is 3. The molecule has 1 aromatic heterocycles.